The second kappa shape index (κ2) is 5.25. The van der Waals surface area contributed by atoms with Crippen LogP contribution >= 0.6 is 0 Å². The molecular formula is C7H11NO. The van der Waals surface area contributed by atoms with Crippen molar-refractivity contribution >= 4 is 6.29 Å². The SMILES string of the molecule is CC=CC=C(C=O)CN. The summed E-state index contributed by atoms with van der Waals surface area (Å²) in [6.07, 6.45) is 6.10. The van der Waals surface area contributed by atoms with E-state index in [4.69, 9.17) is 5.73 Å². The Bertz CT molecular complexity index is 136. The summed E-state index contributed by atoms with van der Waals surface area (Å²) in [6.45, 7) is 2.20. The van der Waals surface area contributed by atoms with E-state index in [0.717, 1.165) is 6.29 Å². The molecule has 2 N–H and O–H groups in total. The molecule has 0 unspecified atom stereocenters. The van der Waals surface area contributed by atoms with Gasteiger partial charge in [-0.3, -0.25) is 4.79 Å². The van der Waals surface area contributed by atoms with Gasteiger partial charge >= 0.3 is 0 Å². The maximum Gasteiger partial charge on any atom is 0.147 e. The maximum atomic E-state index is 10.1. The van der Waals surface area contributed by atoms with Gasteiger partial charge in [-0.1, -0.05) is 18.2 Å². The Hall–Kier alpha value is -0.890. The highest BCUT2D eigenvalue weighted by atomic mass is 16.1. The smallest absolute Gasteiger partial charge is 0.147 e. The Labute approximate surface area is 55.1 Å². The molecule has 0 atom stereocenters. The van der Waals surface area contributed by atoms with Crippen LogP contribution in [0.15, 0.2) is 23.8 Å². The van der Waals surface area contributed by atoms with E-state index in [9.17, 15) is 4.79 Å². The van der Waals surface area contributed by atoms with E-state index in [0.29, 0.717) is 12.1 Å². The van der Waals surface area contributed by atoms with Crippen LogP contribution in [0.25, 0.3) is 0 Å². The van der Waals surface area contributed by atoms with Gasteiger partial charge in [0.2, 0.25) is 0 Å². The molecule has 0 saturated carbocycles. The van der Waals surface area contributed by atoms with Crippen molar-refractivity contribution in [2.24, 2.45) is 5.73 Å². The van der Waals surface area contributed by atoms with E-state index in [-0.39, 0.29) is 0 Å². The molecule has 0 aromatic heterocycles. The lowest BCUT2D eigenvalue weighted by Crippen LogP contribution is -2.03. The van der Waals surface area contributed by atoms with Gasteiger partial charge in [0.25, 0.3) is 0 Å². The standard InChI is InChI=1S/C7H11NO/c1-2-3-4-7(5-8)6-9/h2-4,6H,5,8H2,1H3. The van der Waals surface area contributed by atoms with Crippen LogP contribution in [0.2, 0.25) is 0 Å². The molecule has 0 heterocycles. The quantitative estimate of drug-likeness (QED) is 0.342. The zero-order chi connectivity index (χ0) is 7.11. The zero-order valence-corrected chi connectivity index (χ0v) is 5.50. The first kappa shape index (κ1) is 8.11. The first-order chi connectivity index (χ1) is 4.35. The van der Waals surface area contributed by atoms with E-state index in [1.165, 1.54) is 0 Å². The molecule has 0 fully saturated rings. The van der Waals surface area contributed by atoms with Crippen molar-refractivity contribution < 1.29 is 4.79 Å². The van der Waals surface area contributed by atoms with E-state index in [1.807, 2.05) is 13.0 Å². The average Bonchev–Trinajstić information content (AvgIpc) is 1.91. The minimum Gasteiger partial charge on any atom is -0.326 e. The van der Waals surface area contributed by atoms with Gasteiger partial charge in [-0.05, 0) is 6.92 Å². The highest BCUT2D eigenvalue weighted by Gasteiger charge is 1.84. The molecule has 0 aromatic carbocycles. The lowest BCUT2D eigenvalue weighted by Gasteiger charge is -1.86. The monoisotopic (exact) mass is 125 g/mol. The molecule has 0 radical (unpaired) electrons. The highest BCUT2D eigenvalue weighted by Crippen LogP contribution is 1.85. The van der Waals surface area contributed by atoms with Crippen molar-refractivity contribution in [1.82, 2.24) is 0 Å². The fourth-order valence-corrected chi connectivity index (χ4v) is 0.375. The molecule has 9 heavy (non-hydrogen) atoms. The number of nitrogens with two attached hydrogens (primary N) is 1. The summed E-state index contributed by atoms with van der Waals surface area (Å²) in [7, 11) is 0. The summed E-state index contributed by atoms with van der Waals surface area (Å²) < 4.78 is 0. The van der Waals surface area contributed by atoms with Crippen LogP contribution in [0.1, 0.15) is 6.92 Å². The number of aldehydes is 1. The van der Waals surface area contributed by atoms with Crippen LogP contribution in [-0.4, -0.2) is 12.8 Å². The van der Waals surface area contributed by atoms with Gasteiger partial charge in [0.15, 0.2) is 0 Å². The minimum atomic E-state index is 0.313. The van der Waals surface area contributed by atoms with Crippen LogP contribution in [0.4, 0.5) is 0 Å². The summed E-state index contributed by atoms with van der Waals surface area (Å²) in [5, 5.41) is 0. The molecule has 2 nitrogen and oxygen atoms in total. The second-order valence-corrected chi connectivity index (χ2v) is 1.59. The van der Waals surface area contributed by atoms with E-state index < -0.39 is 0 Å². The fraction of sp³-hybridized carbons (Fsp3) is 0.286. The Balaban J connectivity index is 3.90. The van der Waals surface area contributed by atoms with Gasteiger partial charge in [0.05, 0.1) is 0 Å². The fourth-order valence-electron chi connectivity index (χ4n) is 0.375. The lowest BCUT2D eigenvalue weighted by molar-refractivity contribution is -0.104. The number of hydrogen-bond donors (Lipinski definition) is 1. The number of rotatable bonds is 3. The Morgan fingerprint density at radius 3 is 2.67 bits per heavy atom. The molecule has 0 amide bonds. The number of carbonyl (C=O) groups excluding carboxylic acids is 1. The Kier molecular flexibility index (Phi) is 4.73. The van der Waals surface area contributed by atoms with Gasteiger partial charge in [-0.15, -0.1) is 0 Å². The largest absolute Gasteiger partial charge is 0.326 e. The molecular weight excluding hydrogens is 114 g/mol. The topological polar surface area (TPSA) is 43.1 Å². The van der Waals surface area contributed by atoms with Gasteiger partial charge < -0.3 is 5.73 Å². The molecule has 0 aromatic rings. The molecule has 2 heteroatoms. The van der Waals surface area contributed by atoms with Crippen molar-refractivity contribution in [3.63, 3.8) is 0 Å². The average molecular weight is 125 g/mol. The van der Waals surface area contributed by atoms with Crippen molar-refractivity contribution in [1.29, 1.82) is 0 Å². The van der Waals surface area contributed by atoms with Crippen LogP contribution in [-0.2, 0) is 4.79 Å². The number of carbonyl (C=O) groups is 1. The summed E-state index contributed by atoms with van der Waals surface area (Å²) in [5.74, 6) is 0. The predicted octanol–water partition coefficient (Wildman–Crippen LogP) is 0.647. The van der Waals surface area contributed by atoms with E-state index >= 15 is 0 Å². The summed E-state index contributed by atoms with van der Waals surface area (Å²) >= 11 is 0. The third-order valence-electron chi connectivity index (χ3n) is 0.890. The molecule has 0 bridgehead atoms. The maximum absolute atomic E-state index is 10.1. The first-order valence-electron chi connectivity index (χ1n) is 2.82. The molecule has 0 rings (SSSR count). The van der Waals surface area contributed by atoms with Gasteiger partial charge in [0.1, 0.15) is 6.29 Å². The van der Waals surface area contributed by atoms with Crippen molar-refractivity contribution in [2.75, 3.05) is 6.54 Å². The van der Waals surface area contributed by atoms with Gasteiger partial charge in [-0.2, -0.15) is 0 Å². The Morgan fingerprint density at radius 2 is 2.33 bits per heavy atom. The van der Waals surface area contributed by atoms with Crippen molar-refractivity contribution in [3.05, 3.63) is 23.8 Å². The van der Waals surface area contributed by atoms with Crippen LogP contribution in [0.3, 0.4) is 0 Å². The summed E-state index contributed by atoms with van der Waals surface area (Å²) in [4.78, 5) is 10.1. The van der Waals surface area contributed by atoms with Crippen LogP contribution < -0.4 is 5.73 Å². The molecule has 0 spiro atoms. The van der Waals surface area contributed by atoms with Gasteiger partial charge in [-0.25, -0.2) is 0 Å². The van der Waals surface area contributed by atoms with E-state index in [2.05, 4.69) is 0 Å². The Morgan fingerprint density at radius 1 is 1.67 bits per heavy atom. The molecule has 0 aliphatic carbocycles. The highest BCUT2D eigenvalue weighted by molar-refractivity contribution is 5.74. The number of hydrogen-bond acceptors (Lipinski definition) is 2. The molecule has 0 saturated heterocycles. The minimum absolute atomic E-state index is 0.313. The summed E-state index contributed by atoms with van der Waals surface area (Å²) in [6, 6.07) is 0. The summed E-state index contributed by atoms with van der Waals surface area (Å²) in [5.41, 5.74) is 5.81. The number of allylic oxidation sites excluding steroid dienone is 3. The molecule has 50 valence electrons. The van der Waals surface area contributed by atoms with E-state index in [1.54, 1.807) is 12.2 Å². The zero-order valence-electron chi connectivity index (χ0n) is 5.50. The van der Waals surface area contributed by atoms with Crippen LogP contribution in [0.5, 0.6) is 0 Å². The second-order valence-electron chi connectivity index (χ2n) is 1.59. The van der Waals surface area contributed by atoms with Crippen molar-refractivity contribution in [3.8, 4) is 0 Å². The molecule has 0 aliphatic heterocycles. The third-order valence-corrected chi connectivity index (χ3v) is 0.890. The molecule has 0 aliphatic rings. The third kappa shape index (κ3) is 3.67. The van der Waals surface area contributed by atoms with Crippen molar-refractivity contribution in [2.45, 2.75) is 6.92 Å². The predicted molar refractivity (Wildman–Crippen MR) is 38.0 cm³/mol. The lowest BCUT2D eigenvalue weighted by atomic mass is 10.3. The normalized spacial score (nSPS) is 12.4. The van der Waals surface area contributed by atoms with Gasteiger partial charge in [0, 0.05) is 12.1 Å². The first-order valence-corrected chi connectivity index (χ1v) is 2.82. The van der Waals surface area contributed by atoms with Crippen LogP contribution in [0, 0.1) is 0 Å².